The van der Waals surface area contributed by atoms with Gasteiger partial charge in [0.1, 0.15) is 0 Å². The molecule has 1 heterocycles. The highest BCUT2D eigenvalue weighted by molar-refractivity contribution is 5.96. The van der Waals surface area contributed by atoms with Crippen LogP contribution in [0.15, 0.2) is 0 Å². The van der Waals surface area contributed by atoms with Crippen LogP contribution in [0, 0.1) is 18.3 Å². The Bertz CT molecular complexity index is 163. The van der Waals surface area contributed by atoms with E-state index in [1.165, 1.54) is 0 Å². The maximum Gasteiger partial charge on any atom is 0.209 e. The van der Waals surface area contributed by atoms with Crippen molar-refractivity contribution in [2.45, 2.75) is 12.8 Å². The van der Waals surface area contributed by atoms with Crippen LogP contribution in [0.25, 0.3) is 0 Å². The second-order valence-electron chi connectivity index (χ2n) is 2.55. The van der Waals surface area contributed by atoms with Crippen LogP contribution >= 0.6 is 0 Å². The number of hydrogen-bond acceptors (Lipinski definition) is 2. The predicted octanol–water partition coefficient (Wildman–Crippen LogP) is 0.188. The van der Waals surface area contributed by atoms with Crippen LogP contribution in [0.2, 0.25) is 0 Å². The van der Waals surface area contributed by atoms with E-state index in [2.05, 4.69) is 11.2 Å². The number of rotatable bonds is 1. The van der Waals surface area contributed by atoms with Gasteiger partial charge in [0.05, 0.1) is 0 Å². The van der Waals surface area contributed by atoms with E-state index in [9.17, 15) is 4.79 Å². The van der Waals surface area contributed by atoms with Crippen molar-refractivity contribution in [2.24, 2.45) is 5.92 Å². The molecule has 54 valence electrons. The Balaban J connectivity index is 2.40. The van der Waals surface area contributed by atoms with Crippen molar-refractivity contribution in [2.75, 3.05) is 13.1 Å². The van der Waals surface area contributed by atoms with Gasteiger partial charge in [-0.05, 0) is 25.3 Å². The van der Waals surface area contributed by atoms with Gasteiger partial charge in [-0.3, -0.25) is 4.79 Å². The van der Waals surface area contributed by atoms with Gasteiger partial charge in [-0.2, -0.15) is 0 Å². The number of terminal acetylenes is 1. The molecule has 0 radical (unpaired) electrons. The molecule has 10 heavy (non-hydrogen) atoms. The van der Waals surface area contributed by atoms with Crippen molar-refractivity contribution in [1.29, 1.82) is 0 Å². The second kappa shape index (κ2) is 3.38. The molecule has 0 aliphatic carbocycles. The molecule has 0 saturated carbocycles. The first kappa shape index (κ1) is 7.30. The molecule has 1 aliphatic heterocycles. The van der Waals surface area contributed by atoms with Gasteiger partial charge in [0, 0.05) is 12.5 Å². The highest BCUT2D eigenvalue weighted by atomic mass is 16.1. The summed E-state index contributed by atoms with van der Waals surface area (Å²) in [6.07, 6.45) is 7.00. The fraction of sp³-hybridized carbons (Fsp3) is 0.625. The molecule has 2 nitrogen and oxygen atoms in total. The summed E-state index contributed by atoms with van der Waals surface area (Å²) in [7, 11) is 0. The van der Waals surface area contributed by atoms with Crippen LogP contribution in [0.4, 0.5) is 0 Å². The fourth-order valence-electron chi connectivity index (χ4n) is 1.19. The minimum Gasteiger partial charge on any atom is -0.316 e. The fourth-order valence-corrected chi connectivity index (χ4v) is 1.19. The first-order chi connectivity index (χ1) is 4.84. The van der Waals surface area contributed by atoms with Crippen LogP contribution in [0.3, 0.4) is 0 Å². The zero-order chi connectivity index (χ0) is 7.40. The van der Waals surface area contributed by atoms with Gasteiger partial charge in [0.25, 0.3) is 0 Å². The minimum absolute atomic E-state index is 0.0489. The average Bonchev–Trinajstić information content (AvgIpc) is 2.05. The lowest BCUT2D eigenvalue weighted by Gasteiger charge is -2.18. The lowest BCUT2D eigenvalue weighted by atomic mass is 9.96. The molecule has 1 saturated heterocycles. The predicted molar refractivity (Wildman–Crippen MR) is 39.4 cm³/mol. The number of hydrogen-bond donors (Lipinski definition) is 1. The lowest BCUT2D eigenvalue weighted by Crippen LogP contribution is -2.33. The molecular formula is C8H11NO. The third kappa shape index (κ3) is 1.58. The van der Waals surface area contributed by atoms with Gasteiger partial charge >= 0.3 is 0 Å². The van der Waals surface area contributed by atoms with Crippen LogP contribution < -0.4 is 5.32 Å². The zero-order valence-corrected chi connectivity index (χ0v) is 5.89. The standard InChI is InChI=1S/C8H11NO/c1-2-8(10)7-4-3-5-9-6-7/h1,7,9H,3-6H2/t7-/m0/s1. The lowest BCUT2D eigenvalue weighted by molar-refractivity contribution is -0.117. The molecule has 1 rings (SSSR count). The topological polar surface area (TPSA) is 29.1 Å². The molecular weight excluding hydrogens is 126 g/mol. The molecule has 1 fully saturated rings. The zero-order valence-electron chi connectivity index (χ0n) is 5.89. The van der Waals surface area contributed by atoms with Crippen molar-refractivity contribution >= 4 is 5.78 Å². The minimum atomic E-state index is -0.0489. The first-order valence-electron chi connectivity index (χ1n) is 3.56. The largest absolute Gasteiger partial charge is 0.316 e. The summed E-state index contributed by atoms with van der Waals surface area (Å²) < 4.78 is 0. The SMILES string of the molecule is C#CC(=O)[C@H]1CCCNC1. The van der Waals surface area contributed by atoms with Crippen molar-refractivity contribution in [3.63, 3.8) is 0 Å². The van der Waals surface area contributed by atoms with Gasteiger partial charge in [0.15, 0.2) is 0 Å². The van der Waals surface area contributed by atoms with Gasteiger partial charge in [-0.15, -0.1) is 6.42 Å². The quantitative estimate of drug-likeness (QED) is 0.413. The van der Waals surface area contributed by atoms with Gasteiger partial charge in [-0.25, -0.2) is 0 Å². The highest BCUT2D eigenvalue weighted by Crippen LogP contribution is 2.09. The Hall–Kier alpha value is -0.810. The molecule has 0 unspecified atom stereocenters. The van der Waals surface area contributed by atoms with E-state index in [1.807, 2.05) is 0 Å². The molecule has 1 atom stereocenters. The summed E-state index contributed by atoms with van der Waals surface area (Å²) in [5.74, 6) is 2.19. The number of Topliss-reactive ketones (excluding diaryl/α,β-unsaturated/α-hetero) is 1. The van der Waals surface area contributed by atoms with Crippen molar-refractivity contribution < 1.29 is 4.79 Å². The normalized spacial score (nSPS) is 25.3. The molecule has 0 bridgehead atoms. The second-order valence-corrected chi connectivity index (χ2v) is 2.55. The van der Waals surface area contributed by atoms with E-state index >= 15 is 0 Å². The highest BCUT2D eigenvalue weighted by Gasteiger charge is 2.18. The van der Waals surface area contributed by atoms with Crippen molar-refractivity contribution in [1.82, 2.24) is 5.32 Å². The number of carbonyl (C=O) groups is 1. The smallest absolute Gasteiger partial charge is 0.209 e. The van der Waals surface area contributed by atoms with Crippen LogP contribution in [0.5, 0.6) is 0 Å². The molecule has 1 N–H and O–H groups in total. The molecule has 1 aliphatic rings. The molecule has 2 heteroatoms. The van der Waals surface area contributed by atoms with Crippen molar-refractivity contribution in [3.05, 3.63) is 0 Å². The number of carbonyl (C=O) groups excluding carboxylic acids is 1. The van der Waals surface area contributed by atoms with Crippen LogP contribution in [0.1, 0.15) is 12.8 Å². The van der Waals surface area contributed by atoms with Crippen LogP contribution in [-0.2, 0) is 4.79 Å². The third-order valence-electron chi connectivity index (χ3n) is 1.81. The molecule has 0 amide bonds. The summed E-state index contributed by atoms with van der Waals surface area (Å²) in [5, 5.41) is 3.13. The summed E-state index contributed by atoms with van der Waals surface area (Å²) in [5.41, 5.74) is 0. The van der Waals surface area contributed by atoms with Crippen molar-refractivity contribution in [3.8, 4) is 12.3 Å². The Labute approximate surface area is 61.0 Å². The summed E-state index contributed by atoms with van der Waals surface area (Å²) in [6, 6.07) is 0. The Morgan fingerprint density at radius 2 is 2.50 bits per heavy atom. The van der Waals surface area contributed by atoms with E-state index in [1.54, 1.807) is 0 Å². The Kier molecular flexibility index (Phi) is 2.47. The van der Waals surface area contributed by atoms with E-state index in [-0.39, 0.29) is 11.7 Å². The molecule has 0 spiro atoms. The van der Waals surface area contributed by atoms with E-state index < -0.39 is 0 Å². The Morgan fingerprint density at radius 1 is 1.70 bits per heavy atom. The van der Waals surface area contributed by atoms with Gasteiger partial charge in [0.2, 0.25) is 5.78 Å². The first-order valence-corrected chi connectivity index (χ1v) is 3.56. The van der Waals surface area contributed by atoms with E-state index in [0.717, 1.165) is 25.9 Å². The van der Waals surface area contributed by atoms with E-state index in [0.29, 0.717) is 0 Å². The van der Waals surface area contributed by atoms with E-state index in [4.69, 9.17) is 6.42 Å². The summed E-state index contributed by atoms with van der Waals surface area (Å²) in [6.45, 7) is 1.79. The monoisotopic (exact) mass is 137 g/mol. The molecule has 0 aromatic carbocycles. The Morgan fingerprint density at radius 3 is 3.00 bits per heavy atom. The molecule has 0 aromatic rings. The maximum atomic E-state index is 10.9. The average molecular weight is 137 g/mol. The summed E-state index contributed by atoms with van der Waals surface area (Å²) in [4.78, 5) is 10.9. The third-order valence-corrected chi connectivity index (χ3v) is 1.81. The number of piperidine rings is 1. The molecule has 0 aromatic heterocycles. The van der Waals surface area contributed by atoms with Crippen LogP contribution in [-0.4, -0.2) is 18.9 Å². The van der Waals surface area contributed by atoms with Gasteiger partial charge < -0.3 is 5.32 Å². The number of ketones is 1. The maximum absolute atomic E-state index is 10.9. The van der Waals surface area contributed by atoms with Gasteiger partial charge in [-0.1, -0.05) is 0 Å². The summed E-state index contributed by atoms with van der Waals surface area (Å²) >= 11 is 0. The number of nitrogens with one attached hydrogen (secondary N) is 1.